The fourth-order valence-electron chi connectivity index (χ4n) is 2.21. The SMILES string of the molecule is CCOC(C1CC1)C(CCCS(=O)(=O)CC)NN. The first-order valence-electron chi connectivity index (χ1n) is 6.82. The van der Waals surface area contributed by atoms with E-state index < -0.39 is 9.84 Å². The Balaban J connectivity index is 2.40. The maximum absolute atomic E-state index is 11.4. The zero-order chi connectivity index (χ0) is 13.6. The Morgan fingerprint density at radius 2 is 2.06 bits per heavy atom. The van der Waals surface area contributed by atoms with Gasteiger partial charge in [-0.2, -0.15) is 0 Å². The molecule has 2 unspecified atom stereocenters. The highest BCUT2D eigenvalue weighted by atomic mass is 32.2. The van der Waals surface area contributed by atoms with E-state index in [4.69, 9.17) is 10.6 Å². The summed E-state index contributed by atoms with van der Waals surface area (Å²) >= 11 is 0. The number of rotatable bonds is 10. The molecule has 1 fully saturated rings. The minimum Gasteiger partial charge on any atom is -0.377 e. The minimum atomic E-state index is -2.88. The number of hydrogen-bond acceptors (Lipinski definition) is 5. The summed E-state index contributed by atoms with van der Waals surface area (Å²) in [5.41, 5.74) is 2.79. The molecule has 0 radical (unpaired) electrons. The van der Waals surface area contributed by atoms with Crippen molar-refractivity contribution in [3.8, 4) is 0 Å². The van der Waals surface area contributed by atoms with Gasteiger partial charge >= 0.3 is 0 Å². The molecular weight excluding hydrogens is 252 g/mol. The molecule has 2 atom stereocenters. The highest BCUT2D eigenvalue weighted by molar-refractivity contribution is 7.91. The van der Waals surface area contributed by atoms with E-state index in [-0.39, 0.29) is 23.7 Å². The summed E-state index contributed by atoms with van der Waals surface area (Å²) in [7, 11) is -2.88. The summed E-state index contributed by atoms with van der Waals surface area (Å²) in [5, 5.41) is 0. The summed E-state index contributed by atoms with van der Waals surface area (Å²) in [6, 6.07) is 0.0597. The van der Waals surface area contributed by atoms with Gasteiger partial charge in [0.2, 0.25) is 0 Å². The molecule has 3 N–H and O–H groups in total. The Hall–Kier alpha value is -0.170. The van der Waals surface area contributed by atoms with E-state index in [1.807, 2.05) is 6.92 Å². The number of hydrazine groups is 1. The highest BCUT2D eigenvalue weighted by Gasteiger charge is 2.36. The van der Waals surface area contributed by atoms with Crippen molar-refractivity contribution in [3.63, 3.8) is 0 Å². The lowest BCUT2D eigenvalue weighted by Crippen LogP contribution is -2.46. The molecule has 1 aliphatic carbocycles. The van der Waals surface area contributed by atoms with Crippen LogP contribution in [0, 0.1) is 5.92 Å². The van der Waals surface area contributed by atoms with Crippen LogP contribution in [0.5, 0.6) is 0 Å². The van der Waals surface area contributed by atoms with E-state index in [1.165, 1.54) is 12.8 Å². The van der Waals surface area contributed by atoms with Gasteiger partial charge in [0.05, 0.1) is 11.9 Å². The molecule has 0 amide bonds. The average molecular weight is 278 g/mol. The van der Waals surface area contributed by atoms with Gasteiger partial charge in [-0.25, -0.2) is 8.42 Å². The first-order valence-corrected chi connectivity index (χ1v) is 8.64. The summed E-state index contributed by atoms with van der Waals surface area (Å²) in [5.74, 6) is 6.62. The molecular formula is C12H26N2O3S. The van der Waals surface area contributed by atoms with Crippen molar-refractivity contribution in [3.05, 3.63) is 0 Å². The van der Waals surface area contributed by atoms with Crippen LogP contribution in [0.4, 0.5) is 0 Å². The summed E-state index contributed by atoms with van der Waals surface area (Å²) in [6.45, 7) is 4.33. The van der Waals surface area contributed by atoms with E-state index in [2.05, 4.69) is 5.43 Å². The molecule has 1 saturated carbocycles. The summed E-state index contributed by atoms with van der Waals surface area (Å²) in [4.78, 5) is 0. The monoisotopic (exact) mass is 278 g/mol. The third kappa shape index (κ3) is 5.22. The molecule has 0 spiro atoms. The van der Waals surface area contributed by atoms with Gasteiger partial charge in [0, 0.05) is 18.4 Å². The van der Waals surface area contributed by atoms with Crippen LogP contribution in [0.15, 0.2) is 0 Å². The smallest absolute Gasteiger partial charge is 0.150 e. The van der Waals surface area contributed by atoms with Crippen LogP contribution in [0.2, 0.25) is 0 Å². The highest BCUT2D eigenvalue weighted by Crippen LogP contribution is 2.36. The van der Waals surface area contributed by atoms with Crippen molar-refractivity contribution in [1.82, 2.24) is 5.43 Å². The van der Waals surface area contributed by atoms with Gasteiger partial charge in [0.1, 0.15) is 9.84 Å². The summed E-state index contributed by atoms with van der Waals surface area (Å²) in [6.07, 6.45) is 3.90. The molecule has 18 heavy (non-hydrogen) atoms. The fourth-order valence-corrected chi connectivity index (χ4v) is 3.10. The molecule has 0 aromatic carbocycles. The molecule has 108 valence electrons. The lowest BCUT2D eigenvalue weighted by molar-refractivity contribution is 0.0168. The van der Waals surface area contributed by atoms with Crippen molar-refractivity contribution in [1.29, 1.82) is 0 Å². The van der Waals surface area contributed by atoms with Crippen molar-refractivity contribution < 1.29 is 13.2 Å². The Morgan fingerprint density at radius 3 is 2.50 bits per heavy atom. The zero-order valence-electron chi connectivity index (χ0n) is 11.4. The normalized spacial score (nSPS) is 19.7. The van der Waals surface area contributed by atoms with Crippen molar-refractivity contribution in [2.24, 2.45) is 11.8 Å². The maximum atomic E-state index is 11.4. The van der Waals surface area contributed by atoms with E-state index in [0.717, 1.165) is 6.42 Å². The number of sulfone groups is 1. The van der Waals surface area contributed by atoms with Gasteiger partial charge in [-0.3, -0.25) is 11.3 Å². The first-order chi connectivity index (χ1) is 8.54. The van der Waals surface area contributed by atoms with Crippen molar-refractivity contribution in [2.75, 3.05) is 18.1 Å². The second kappa shape index (κ2) is 7.43. The molecule has 6 heteroatoms. The fraction of sp³-hybridized carbons (Fsp3) is 1.00. The molecule has 1 aliphatic rings. The predicted molar refractivity (Wildman–Crippen MR) is 72.8 cm³/mol. The second-order valence-corrected chi connectivity index (χ2v) is 7.38. The van der Waals surface area contributed by atoms with Gasteiger partial charge in [0.25, 0.3) is 0 Å². The van der Waals surface area contributed by atoms with Crippen LogP contribution in [0.25, 0.3) is 0 Å². The minimum absolute atomic E-state index is 0.0597. The van der Waals surface area contributed by atoms with Gasteiger partial charge in [0.15, 0.2) is 0 Å². The van der Waals surface area contributed by atoms with Crippen LogP contribution in [-0.2, 0) is 14.6 Å². The Bertz CT molecular complexity index is 328. The van der Waals surface area contributed by atoms with Gasteiger partial charge < -0.3 is 4.74 Å². The van der Waals surface area contributed by atoms with Crippen molar-refractivity contribution >= 4 is 9.84 Å². The molecule has 0 aromatic heterocycles. The van der Waals surface area contributed by atoms with Gasteiger partial charge in [-0.1, -0.05) is 6.92 Å². The van der Waals surface area contributed by atoms with Gasteiger partial charge in [-0.15, -0.1) is 0 Å². The lowest BCUT2D eigenvalue weighted by Gasteiger charge is -2.26. The van der Waals surface area contributed by atoms with E-state index in [9.17, 15) is 8.42 Å². The Labute approximate surface area is 110 Å². The maximum Gasteiger partial charge on any atom is 0.150 e. The number of ether oxygens (including phenoxy) is 1. The molecule has 5 nitrogen and oxygen atoms in total. The largest absolute Gasteiger partial charge is 0.377 e. The van der Waals surface area contributed by atoms with Crippen LogP contribution in [0.3, 0.4) is 0 Å². The standard InChI is InChI=1S/C12H26N2O3S/c1-3-17-12(10-7-8-10)11(14-13)6-5-9-18(15,16)4-2/h10-12,14H,3-9,13H2,1-2H3. The first kappa shape index (κ1) is 15.9. The lowest BCUT2D eigenvalue weighted by atomic mass is 10.0. The van der Waals surface area contributed by atoms with Crippen molar-refractivity contribution in [2.45, 2.75) is 51.7 Å². The number of hydrogen-bond donors (Lipinski definition) is 2. The van der Waals surface area contributed by atoms with Crippen LogP contribution >= 0.6 is 0 Å². The molecule has 0 bridgehead atoms. The molecule has 0 aromatic rings. The zero-order valence-corrected chi connectivity index (χ0v) is 12.2. The number of nitrogens with two attached hydrogens (primary N) is 1. The number of nitrogens with one attached hydrogen (secondary N) is 1. The third-order valence-electron chi connectivity index (χ3n) is 3.47. The average Bonchev–Trinajstić information content (AvgIpc) is 3.16. The third-order valence-corrected chi connectivity index (χ3v) is 5.26. The van der Waals surface area contributed by atoms with Crippen LogP contribution in [0.1, 0.15) is 39.5 Å². The molecule has 1 rings (SSSR count). The van der Waals surface area contributed by atoms with Crippen LogP contribution in [-0.4, -0.2) is 38.7 Å². The molecule has 0 heterocycles. The Kier molecular flexibility index (Phi) is 6.55. The predicted octanol–water partition coefficient (Wildman–Crippen LogP) is 0.848. The topological polar surface area (TPSA) is 81.4 Å². The van der Waals surface area contributed by atoms with Crippen LogP contribution < -0.4 is 11.3 Å². The summed E-state index contributed by atoms with van der Waals surface area (Å²) < 4.78 is 28.6. The second-order valence-electron chi connectivity index (χ2n) is 4.91. The Morgan fingerprint density at radius 1 is 1.39 bits per heavy atom. The van der Waals surface area contributed by atoms with E-state index in [0.29, 0.717) is 18.9 Å². The van der Waals surface area contributed by atoms with E-state index >= 15 is 0 Å². The van der Waals surface area contributed by atoms with E-state index in [1.54, 1.807) is 6.92 Å². The quantitative estimate of drug-likeness (QED) is 0.457. The van der Waals surface area contributed by atoms with Gasteiger partial charge in [-0.05, 0) is 38.5 Å². The molecule has 0 saturated heterocycles. The molecule has 0 aliphatic heterocycles.